The van der Waals surface area contributed by atoms with Gasteiger partial charge in [0.05, 0.1) is 5.92 Å². The lowest BCUT2D eigenvalue weighted by atomic mass is 9.83. The molecule has 4 nitrogen and oxygen atoms in total. The van der Waals surface area contributed by atoms with Crippen LogP contribution in [0.15, 0.2) is 12.2 Å². The van der Waals surface area contributed by atoms with E-state index in [9.17, 15) is 9.59 Å². The normalized spacial score (nSPS) is 13.8. The summed E-state index contributed by atoms with van der Waals surface area (Å²) in [6, 6.07) is 0. The molecular weight excluding hydrogens is 216 g/mol. The zero-order valence-corrected chi connectivity index (χ0v) is 11.1. The van der Waals surface area contributed by atoms with Crippen molar-refractivity contribution in [2.75, 3.05) is 6.54 Å². The van der Waals surface area contributed by atoms with Crippen LogP contribution in [0.3, 0.4) is 0 Å². The molecule has 98 valence electrons. The lowest BCUT2D eigenvalue weighted by Crippen LogP contribution is -2.40. The van der Waals surface area contributed by atoms with E-state index in [1.807, 2.05) is 20.8 Å². The fourth-order valence-corrected chi connectivity index (χ4v) is 1.95. The molecule has 2 amide bonds. The molecule has 0 aromatic rings. The van der Waals surface area contributed by atoms with Gasteiger partial charge in [0.15, 0.2) is 0 Å². The smallest absolute Gasteiger partial charge is 0.224 e. The number of amides is 2. The van der Waals surface area contributed by atoms with Gasteiger partial charge < -0.3 is 11.1 Å². The van der Waals surface area contributed by atoms with Gasteiger partial charge in [-0.25, -0.2) is 0 Å². The van der Waals surface area contributed by atoms with E-state index in [0.717, 1.165) is 12.0 Å². The average molecular weight is 240 g/mol. The van der Waals surface area contributed by atoms with Crippen molar-refractivity contribution < 1.29 is 9.59 Å². The first kappa shape index (κ1) is 15.7. The predicted molar refractivity (Wildman–Crippen MR) is 69.2 cm³/mol. The van der Waals surface area contributed by atoms with Crippen LogP contribution < -0.4 is 11.1 Å². The van der Waals surface area contributed by atoms with Crippen molar-refractivity contribution >= 4 is 11.8 Å². The van der Waals surface area contributed by atoms with Gasteiger partial charge in [0, 0.05) is 12.5 Å². The molecule has 0 radical (unpaired) electrons. The molecule has 0 aliphatic heterocycles. The van der Waals surface area contributed by atoms with Gasteiger partial charge in [-0.2, -0.15) is 0 Å². The largest absolute Gasteiger partial charge is 0.369 e. The second kappa shape index (κ2) is 7.87. The molecule has 4 heteroatoms. The molecule has 1 unspecified atom stereocenters. The molecule has 0 aliphatic rings. The van der Waals surface area contributed by atoms with Gasteiger partial charge in [-0.05, 0) is 26.7 Å². The van der Waals surface area contributed by atoms with Crippen molar-refractivity contribution in [1.29, 1.82) is 0 Å². The van der Waals surface area contributed by atoms with Crippen LogP contribution in [-0.2, 0) is 9.59 Å². The summed E-state index contributed by atoms with van der Waals surface area (Å²) in [5.74, 6) is -1.29. The van der Waals surface area contributed by atoms with Gasteiger partial charge in [-0.15, -0.1) is 6.58 Å². The Bertz CT molecular complexity index is 287. The Hall–Kier alpha value is -1.32. The lowest BCUT2D eigenvalue weighted by molar-refractivity contribution is -0.133. The Labute approximate surface area is 104 Å². The highest BCUT2D eigenvalue weighted by Gasteiger charge is 2.31. The minimum Gasteiger partial charge on any atom is -0.369 e. The fraction of sp³-hybridized carbons (Fsp3) is 0.692. The number of carbonyl (C=O) groups excluding carboxylic acids is 2. The zero-order chi connectivity index (χ0) is 13.4. The molecule has 2 atom stereocenters. The number of hydrogen-bond donors (Lipinski definition) is 2. The van der Waals surface area contributed by atoms with E-state index >= 15 is 0 Å². The first-order valence-electron chi connectivity index (χ1n) is 6.15. The maximum absolute atomic E-state index is 11.9. The zero-order valence-electron chi connectivity index (χ0n) is 11.1. The van der Waals surface area contributed by atoms with Crippen LogP contribution in [0, 0.1) is 11.8 Å². The van der Waals surface area contributed by atoms with E-state index in [-0.39, 0.29) is 11.8 Å². The summed E-state index contributed by atoms with van der Waals surface area (Å²) in [7, 11) is 0. The van der Waals surface area contributed by atoms with Crippen LogP contribution in [0.1, 0.15) is 40.0 Å². The number of nitrogens with one attached hydrogen (secondary N) is 1. The van der Waals surface area contributed by atoms with Crippen LogP contribution >= 0.6 is 0 Å². The first-order chi connectivity index (χ1) is 7.93. The highest BCUT2D eigenvalue weighted by Crippen LogP contribution is 2.24. The van der Waals surface area contributed by atoms with Crippen molar-refractivity contribution in [3.8, 4) is 0 Å². The third-order valence-corrected chi connectivity index (χ3v) is 2.71. The topological polar surface area (TPSA) is 72.2 Å². The van der Waals surface area contributed by atoms with Crippen molar-refractivity contribution in [2.24, 2.45) is 17.6 Å². The Morgan fingerprint density at radius 2 is 1.88 bits per heavy atom. The molecule has 17 heavy (non-hydrogen) atoms. The monoisotopic (exact) mass is 240 g/mol. The van der Waals surface area contributed by atoms with Crippen LogP contribution in [0.2, 0.25) is 0 Å². The average Bonchev–Trinajstić information content (AvgIpc) is 2.22. The van der Waals surface area contributed by atoms with E-state index in [4.69, 9.17) is 5.73 Å². The SMILES string of the molecule is C=C(C)CC(C(=O)NCC)[C@H](CCC)C(N)=O. The highest BCUT2D eigenvalue weighted by molar-refractivity contribution is 5.87. The van der Waals surface area contributed by atoms with Gasteiger partial charge in [-0.1, -0.05) is 18.9 Å². The minimum atomic E-state index is -0.400. The molecule has 0 saturated carbocycles. The Kier molecular flexibility index (Phi) is 7.26. The molecular formula is C13H24N2O2. The third kappa shape index (κ3) is 5.52. The molecule has 0 rings (SSSR count). The van der Waals surface area contributed by atoms with Gasteiger partial charge in [0.1, 0.15) is 0 Å². The quantitative estimate of drug-likeness (QED) is 0.633. The van der Waals surface area contributed by atoms with Gasteiger partial charge in [-0.3, -0.25) is 9.59 Å². The number of rotatable bonds is 8. The minimum absolute atomic E-state index is 0.104. The van der Waals surface area contributed by atoms with Crippen LogP contribution in [-0.4, -0.2) is 18.4 Å². The molecule has 0 saturated heterocycles. The molecule has 0 aromatic carbocycles. The summed E-state index contributed by atoms with van der Waals surface area (Å²) in [5, 5.41) is 2.76. The summed E-state index contributed by atoms with van der Waals surface area (Å²) in [5.41, 5.74) is 6.28. The molecule has 0 aromatic heterocycles. The molecule has 0 spiro atoms. The van der Waals surface area contributed by atoms with E-state index in [0.29, 0.717) is 19.4 Å². The number of allylic oxidation sites excluding steroid dienone is 1. The van der Waals surface area contributed by atoms with Crippen molar-refractivity contribution in [2.45, 2.75) is 40.0 Å². The van der Waals surface area contributed by atoms with Gasteiger partial charge in [0.2, 0.25) is 11.8 Å². The molecule has 3 N–H and O–H groups in total. The fourth-order valence-electron chi connectivity index (χ4n) is 1.95. The highest BCUT2D eigenvalue weighted by atomic mass is 16.2. The molecule has 0 fully saturated rings. The predicted octanol–water partition coefficient (Wildman–Crippen LogP) is 1.61. The van der Waals surface area contributed by atoms with Crippen LogP contribution in [0.4, 0.5) is 0 Å². The van der Waals surface area contributed by atoms with E-state index in [2.05, 4.69) is 11.9 Å². The lowest BCUT2D eigenvalue weighted by Gasteiger charge is -2.23. The first-order valence-corrected chi connectivity index (χ1v) is 6.15. The Morgan fingerprint density at radius 1 is 1.29 bits per heavy atom. The molecule has 0 heterocycles. The molecule has 0 aliphatic carbocycles. The summed E-state index contributed by atoms with van der Waals surface area (Å²) in [6.45, 7) is 10.1. The van der Waals surface area contributed by atoms with E-state index < -0.39 is 11.8 Å². The van der Waals surface area contributed by atoms with Crippen molar-refractivity contribution in [1.82, 2.24) is 5.32 Å². The number of hydrogen-bond acceptors (Lipinski definition) is 2. The van der Waals surface area contributed by atoms with Crippen molar-refractivity contribution in [3.63, 3.8) is 0 Å². The van der Waals surface area contributed by atoms with E-state index in [1.165, 1.54) is 0 Å². The van der Waals surface area contributed by atoms with E-state index in [1.54, 1.807) is 0 Å². The van der Waals surface area contributed by atoms with Crippen LogP contribution in [0.25, 0.3) is 0 Å². The molecule has 0 bridgehead atoms. The van der Waals surface area contributed by atoms with Gasteiger partial charge >= 0.3 is 0 Å². The number of primary amides is 1. The third-order valence-electron chi connectivity index (χ3n) is 2.71. The standard InChI is InChI=1S/C13H24N2O2/c1-5-7-10(12(14)16)11(8-9(3)4)13(17)15-6-2/h10-11H,3,5-8H2,1-2,4H3,(H2,14,16)(H,15,17)/t10-,11?/m0/s1. The van der Waals surface area contributed by atoms with Gasteiger partial charge in [0.25, 0.3) is 0 Å². The summed E-state index contributed by atoms with van der Waals surface area (Å²) in [6.07, 6.45) is 1.99. The Balaban J connectivity index is 4.90. The summed E-state index contributed by atoms with van der Waals surface area (Å²) in [4.78, 5) is 23.4. The maximum atomic E-state index is 11.9. The summed E-state index contributed by atoms with van der Waals surface area (Å²) < 4.78 is 0. The number of carbonyl (C=O) groups is 2. The second-order valence-electron chi connectivity index (χ2n) is 4.46. The summed E-state index contributed by atoms with van der Waals surface area (Å²) >= 11 is 0. The maximum Gasteiger partial charge on any atom is 0.224 e. The second-order valence-corrected chi connectivity index (χ2v) is 4.46. The van der Waals surface area contributed by atoms with Crippen LogP contribution in [0.5, 0.6) is 0 Å². The van der Waals surface area contributed by atoms with Crippen molar-refractivity contribution in [3.05, 3.63) is 12.2 Å². The number of nitrogens with two attached hydrogens (primary N) is 1. The Morgan fingerprint density at radius 3 is 2.24 bits per heavy atom.